The van der Waals surface area contributed by atoms with Crippen LogP contribution in [0, 0.1) is 0 Å². The van der Waals surface area contributed by atoms with Crippen LogP contribution in [0.2, 0.25) is 0 Å². The molecule has 1 fully saturated rings. The van der Waals surface area contributed by atoms with Crippen LogP contribution in [0.25, 0.3) is 10.6 Å². The fourth-order valence-corrected chi connectivity index (χ4v) is 3.86. The van der Waals surface area contributed by atoms with Gasteiger partial charge in [-0.2, -0.15) is 5.10 Å². The van der Waals surface area contributed by atoms with Crippen LogP contribution in [0.4, 0.5) is 5.69 Å². The lowest BCUT2D eigenvalue weighted by atomic mass is 9.94. The van der Waals surface area contributed by atoms with E-state index in [2.05, 4.69) is 10.4 Å². The van der Waals surface area contributed by atoms with E-state index < -0.39 is 0 Å². The number of hydrogen-bond donors (Lipinski definition) is 2. The number of benzene rings is 1. The molecule has 1 amide bonds. The molecule has 6 nitrogen and oxygen atoms in total. The lowest BCUT2D eigenvalue weighted by Gasteiger charge is -2.22. The minimum absolute atomic E-state index is 0.0841. The molecule has 0 saturated heterocycles. The number of carbonyl (C=O) groups is 1. The number of aliphatic hydroxyl groups excluding tert-OH is 1. The summed E-state index contributed by atoms with van der Waals surface area (Å²) >= 11 is 1.54. The first-order chi connectivity index (χ1) is 11.5. The second kappa shape index (κ2) is 7.27. The lowest BCUT2D eigenvalue weighted by Crippen LogP contribution is -2.25. The summed E-state index contributed by atoms with van der Waals surface area (Å²) in [6, 6.07) is 7.80. The number of aryl methyl sites for hydroxylation is 1. The maximum atomic E-state index is 11.1. The Balaban J connectivity index is 1.81. The largest absolute Gasteiger partial charge is 0.393 e. The molecule has 2 atom stereocenters. The topological polar surface area (TPSA) is 79.5 Å². The summed E-state index contributed by atoms with van der Waals surface area (Å²) in [5, 5.41) is 18.0. The molecule has 1 aliphatic carbocycles. The van der Waals surface area contributed by atoms with Crippen molar-refractivity contribution in [3.8, 4) is 10.6 Å². The van der Waals surface area contributed by atoms with Crippen LogP contribution in [0.5, 0.6) is 0 Å². The Morgan fingerprint density at radius 2 is 2.12 bits per heavy atom. The molecular weight excluding hydrogens is 324 g/mol. The maximum absolute atomic E-state index is 11.1. The molecule has 0 bridgehead atoms. The zero-order valence-corrected chi connectivity index (χ0v) is 14.7. The highest BCUT2D eigenvalue weighted by molar-refractivity contribution is 7.12. The zero-order chi connectivity index (χ0) is 17.1. The van der Waals surface area contributed by atoms with Gasteiger partial charge in [-0.15, -0.1) is 0 Å². The van der Waals surface area contributed by atoms with E-state index in [1.165, 1.54) is 6.92 Å². The SMILES string of the molecule is CC(=O)Nc1ccc(-c2nn(C)/c(=N/C3CCCC(O)C3)s2)cc1. The normalized spacial score (nSPS) is 21.7. The van der Waals surface area contributed by atoms with Gasteiger partial charge < -0.3 is 10.4 Å². The highest BCUT2D eigenvalue weighted by Gasteiger charge is 2.19. The van der Waals surface area contributed by atoms with Gasteiger partial charge in [-0.3, -0.25) is 9.79 Å². The molecule has 3 rings (SSSR count). The second-order valence-corrected chi connectivity index (χ2v) is 7.13. The monoisotopic (exact) mass is 346 g/mol. The molecule has 128 valence electrons. The van der Waals surface area contributed by atoms with Gasteiger partial charge in [-0.05, 0) is 49.9 Å². The molecule has 0 aliphatic heterocycles. The third-order valence-electron chi connectivity index (χ3n) is 4.07. The number of carbonyl (C=O) groups excluding carboxylic acids is 1. The van der Waals surface area contributed by atoms with Gasteiger partial charge >= 0.3 is 0 Å². The van der Waals surface area contributed by atoms with Crippen LogP contribution in [-0.2, 0) is 11.8 Å². The number of nitrogens with zero attached hydrogens (tertiary/aromatic N) is 3. The maximum Gasteiger partial charge on any atom is 0.221 e. The van der Waals surface area contributed by atoms with Crippen LogP contribution in [0.1, 0.15) is 32.6 Å². The summed E-state index contributed by atoms with van der Waals surface area (Å²) < 4.78 is 1.79. The van der Waals surface area contributed by atoms with Crippen molar-refractivity contribution in [3.05, 3.63) is 29.1 Å². The molecular formula is C17H22N4O2S. The quantitative estimate of drug-likeness (QED) is 0.895. The van der Waals surface area contributed by atoms with Crippen molar-refractivity contribution in [2.75, 3.05) is 5.32 Å². The summed E-state index contributed by atoms with van der Waals surface area (Å²) in [7, 11) is 1.89. The van der Waals surface area contributed by atoms with E-state index in [1.54, 1.807) is 16.0 Å². The first-order valence-electron chi connectivity index (χ1n) is 8.15. The number of aliphatic hydroxyl groups is 1. The zero-order valence-electron chi connectivity index (χ0n) is 13.9. The van der Waals surface area contributed by atoms with Crippen molar-refractivity contribution in [1.29, 1.82) is 0 Å². The Hall–Kier alpha value is -1.99. The average molecular weight is 346 g/mol. The van der Waals surface area contributed by atoms with Gasteiger partial charge in [-0.25, -0.2) is 4.68 Å². The third kappa shape index (κ3) is 4.10. The van der Waals surface area contributed by atoms with E-state index in [1.807, 2.05) is 31.3 Å². The minimum Gasteiger partial charge on any atom is -0.393 e. The van der Waals surface area contributed by atoms with Crippen LogP contribution in [0.3, 0.4) is 0 Å². The van der Waals surface area contributed by atoms with Gasteiger partial charge in [0.15, 0.2) is 0 Å². The molecule has 7 heteroatoms. The fourth-order valence-electron chi connectivity index (χ4n) is 2.89. The van der Waals surface area contributed by atoms with Crippen LogP contribution in [0.15, 0.2) is 29.3 Å². The average Bonchev–Trinajstić information content (AvgIpc) is 2.88. The van der Waals surface area contributed by atoms with E-state index in [0.29, 0.717) is 0 Å². The van der Waals surface area contributed by atoms with E-state index in [0.717, 1.165) is 46.7 Å². The Morgan fingerprint density at radius 1 is 1.38 bits per heavy atom. The number of anilines is 1. The first kappa shape index (κ1) is 16.9. The predicted molar refractivity (Wildman–Crippen MR) is 94.7 cm³/mol. The summed E-state index contributed by atoms with van der Waals surface area (Å²) in [5.74, 6) is -0.0841. The van der Waals surface area contributed by atoms with Crippen LogP contribution >= 0.6 is 11.3 Å². The Labute approximate surface area is 144 Å². The Bertz CT molecular complexity index is 779. The summed E-state index contributed by atoms with van der Waals surface area (Å²) in [4.78, 5) is 16.7. The third-order valence-corrected chi connectivity index (χ3v) is 5.13. The van der Waals surface area contributed by atoms with Gasteiger partial charge in [0.2, 0.25) is 10.7 Å². The van der Waals surface area contributed by atoms with Crippen LogP contribution < -0.4 is 10.1 Å². The molecule has 2 aromatic rings. The van der Waals surface area contributed by atoms with Gasteiger partial charge in [-0.1, -0.05) is 11.3 Å². The fraction of sp³-hybridized carbons (Fsp3) is 0.471. The number of nitrogens with one attached hydrogen (secondary N) is 1. The number of rotatable bonds is 3. The van der Waals surface area contributed by atoms with Crippen molar-refractivity contribution in [2.45, 2.75) is 44.8 Å². The van der Waals surface area contributed by atoms with Gasteiger partial charge in [0.05, 0.1) is 12.1 Å². The van der Waals surface area contributed by atoms with E-state index in [4.69, 9.17) is 4.99 Å². The Kier molecular flexibility index (Phi) is 5.11. The van der Waals surface area contributed by atoms with Crippen molar-refractivity contribution < 1.29 is 9.90 Å². The molecule has 0 radical (unpaired) electrons. The highest BCUT2D eigenvalue weighted by Crippen LogP contribution is 2.23. The Morgan fingerprint density at radius 3 is 2.79 bits per heavy atom. The molecule has 1 aromatic carbocycles. The van der Waals surface area contributed by atoms with Crippen molar-refractivity contribution in [3.63, 3.8) is 0 Å². The molecule has 24 heavy (non-hydrogen) atoms. The predicted octanol–water partition coefficient (Wildman–Crippen LogP) is 2.31. The molecule has 2 N–H and O–H groups in total. The van der Waals surface area contributed by atoms with E-state index in [9.17, 15) is 9.90 Å². The van der Waals surface area contributed by atoms with Crippen molar-refractivity contribution in [1.82, 2.24) is 9.78 Å². The van der Waals surface area contributed by atoms with Gasteiger partial charge in [0.25, 0.3) is 0 Å². The molecule has 2 unspecified atom stereocenters. The lowest BCUT2D eigenvalue weighted by molar-refractivity contribution is -0.114. The number of aromatic nitrogens is 2. The standard InChI is InChI=1S/C17H22N4O2S/c1-11(22)18-13-8-6-12(7-9-13)16-20-21(2)17(24-16)19-14-4-3-5-15(23)10-14/h6-9,14-15,23H,3-5,10H2,1-2H3,(H,18,22)/b19-17-. The molecule has 0 spiro atoms. The second-order valence-electron chi connectivity index (χ2n) is 6.18. The minimum atomic E-state index is -0.230. The smallest absolute Gasteiger partial charge is 0.221 e. The van der Waals surface area contributed by atoms with Crippen molar-refractivity contribution >= 4 is 22.9 Å². The van der Waals surface area contributed by atoms with Crippen molar-refractivity contribution in [2.24, 2.45) is 12.0 Å². The van der Waals surface area contributed by atoms with Gasteiger partial charge in [0, 0.05) is 25.2 Å². The summed E-state index contributed by atoms with van der Waals surface area (Å²) in [5.41, 5.74) is 1.77. The van der Waals surface area contributed by atoms with E-state index >= 15 is 0 Å². The number of hydrogen-bond acceptors (Lipinski definition) is 5. The molecule has 1 saturated carbocycles. The summed E-state index contributed by atoms with van der Waals surface area (Å²) in [6.07, 6.45) is 3.43. The van der Waals surface area contributed by atoms with E-state index in [-0.39, 0.29) is 18.1 Å². The first-order valence-corrected chi connectivity index (χ1v) is 8.97. The van der Waals surface area contributed by atoms with Crippen LogP contribution in [-0.4, -0.2) is 32.9 Å². The van der Waals surface area contributed by atoms with Gasteiger partial charge in [0.1, 0.15) is 5.01 Å². The number of amides is 1. The highest BCUT2D eigenvalue weighted by atomic mass is 32.1. The summed E-state index contributed by atoms with van der Waals surface area (Å²) in [6.45, 7) is 1.49. The molecule has 1 heterocycles. The molecule has 1 aliphatic rings. The molecule has 1 aromatic heterocycles.